The lowest BCUT2D eigenvalue weighted by Gasteiger charge is -2.46. The molecule has 0 N–H and O–H groups in total. The van der Waals surface area contributed by atoms with Crippen molar-refractivity contribution in [1.29, 1.82) is 0 Å². The van der Waals surface area contributed by atoms with E-state index >= 15 is 0 Å². The molecule has 0 aromatic heterocycles. The lowest BCUT2D eigenvalue weighted by Crippen LogP contribution is -2.53. The number of rotatable bonds is 3. The van der Waals surface area contributed by atoms with E-state index in [0.717, 1.165) is 47.3 Å². The fraction of sp³-hybridized carbons (Fsp3) is 0.214. The van der Waals surface area contributed by atoms with Gasteiger partial charge in [-0.15, -0.1) is 0 Å². The number of quaternary nitrogens is 1. The minimum Gasteiger partial charge on any atom is -0.830 e. The van der Waals surface area contributed by atoms with Gasteiger partial charge in [0.2, 0.25) is 0 Å². The first-order valence-electron chi connectivity index (χ1n) is 10.9. The molecule has 3 aromatic rings. The summed E-state index contributed by atoms with van der Waals surface area (Å²) in [5, 5.41) is 14.3. The van der Waals surface area contributed by atoms with Crippen molar-refractivity contribution < 1.29 is 9.59 Å². The Morgan fingerprint density at radius 3 is 1.73 bits per heavy atom. The van der Waals surface area contributed by atoms with Gasteiger partial charge in [0.05, 0.1) is 24.5 Å². The van der Waals surface area contributed by atoms with E-state index in [-0.39, 0.29) is 5.88 Å². The van der Waals surface area contributed by atoms with Crippen LogP contribution in [0.1, 0.15) is 36.5 Å². The maximum atomic E-state index is 14.3. The first-order valence-corrected chi connectivity index (χ1v) is 10.9. The molecule has 2 aliphatic rings. The molecule has 2 aliphatic heterocycles. The van der Waals surface area contributed by atoms with Crippen molar-refractivity contribution in [3.05, 3.63) is 114 Å². The summed E-state index contributed by atoms with van der Waals surface area (Å²) >= 11 is 0. The van der Waals surface area contributed by atoms with Crippen LogP contribution in [0.5, 0.6) is 0 Å². The first kappa shape index (κ1) is 18.9. The van der Waals surface area contributed by atoms with Crippen LogP contribution in [-0.2, 0) is 0 Å². The molecule has 150 valence electrons. The minimum absolute atomic E-state index is 0.255. The standard InChI is InChI=1S/C28H27NO/c1-21-12-11-19-29(20-21)27(24-17-9-4-10-18-24)25(22-13-5-2-6-14-22)26(28(29)30)23-15-7-3-8-16-23/h2-10,13-18,21H,11-12,19-20H2,1H3. The van der Waals surface area contributed by atoms with E-state index in [2.05, 4.69) is 67.6 Å². The Morgan fingerprint density at radius 1 is 0.700 bits per heavy atom. The van der Waals surface area contributed by atoms with Gasteiger partial charge in [-0.1, -0.05) is 85.8 Å². The van der Waals surface area contributed by atoms with Gasteiger partial charge in [0.1, 0.15) is 0 Å². The summed E-state index contributed by atoms with van der Waals surface area (Å²) < 4.78 is 0.444. The van der Waals surface area contributed by atoms with E-state index in [9.17, 15) is 5.11 Å². The molecule has 2 heteroatoms. The van der Waals surface area contributed by atoms with Crippen LogP contribution in [0.3, 0.4) is 0 Å². The smallest absolute Gasteiger partial charge is 0.153 e. The predicted molar refractivity (Wildman–Crippen MR) is 121 cm³/mol. The Hall–Kier alpha value is -3.10. The van der Waals surface area contributed by atoms with Crippen LogP contribution in [0.25, 0.3) is 16.8 Å². The van der Waals surface area contributed by atoms with Gasteiger partial charge in [-0.3, -0.25) is 4.48 Å². The molecule has 2 unspecified atom stereocenters. The highest BCUT2D eigenvalue weighted by atomic mass is 16.3. The van der Waals surface area contributed by atoms with Crippen molar-refractivity contribution in [1.82, 2.24) is 0 Å². The Balaban J connectivity index is 1.87. The van der Waals surface area contributed by atoms with Crippen LogP contribution < -0.4 is 5.11 Å². The second kappa shape index (κ2) is 7.62. The average Bonchev–Trinajstić information content (AvgIpc) is 3.03. The maximum Gasteiger partial charge on any atom is 0.153 e. The Morgan fingerprint density at radius 2 is 1.20 bits per heavy atom. The third kappa shape index (κ3) is 3.00. The molecule has 0 radical (unpaired) electrons. The molecule has 0 bridgehead atoms. The van der Waals surface area contributed by atoms with Crippen LogP contribution in [0.15, 0.2) is 96.9 Å². The summed E-state index contributed by atoms with van der Waals surface area (Å²) in [5.41, 5.74) is 6.45. The SMILES string of the molecule is CC1CCC[N+]2(C1)C([O-])=C(c1ccccc1)C(c1ccccc1)=C2c1ccccc1. The molecule has 30 heavy (non-hydrogen) atoms. The highest BCUT2D eigenvalue weighted by Crippen LogP contribution is 2.53. The molecule has 3 aromatic carbocycles. The molecular weight excluding hydrogens is 366 g/mol. The van der Waals surface area contributed by atoms with E-state index in [1.165, 1.54) is 12.1 Å². The molecule has 0 amide bonds. The third-order valence-corrected chi connectivity index (χ3v) is 6.55. The lowest BCUT2D eigenvalue weighted by atomic mass is 9.90. The zero-order valence-electron chi connectivity index (χ0n) is 17.4. The highest BCUT2D eigenvalue weighted by molar-refractivity contribution is 6.15. The Kier molecular flexibility index (Phi) is 4.80. The number of piperidine rings is 1. The average molecular weight is 394 g/mol. The van der Waals surface area contributed by atoms with Gasteiger partial charge in [0, 0.05) is 17.1 Å². The number of hydrogen-bond donors (Lipinski definition) is 0. The van der Waals surface area contributed by atoms with E-state index in [1.807, 2.05) is 30.3 Å². The maximum absolute atomic E-state index is 14.3. The van der Waals surface area contributed by atoms with Crippen molar-refractivity contribution >= 4 is 16.8 Å². The quantitative estimate of drug-likeness (QED) is 0.536. The van der Waals surface area contributed by atoms with Gasteiger partial charge < -0.3 is 5.11 Å². The summed E-state index contributed by atoms with van der Waals surface area (Å²) in [6, 6.07) is 31.2. The number of nitrogens with zero attached hydrogens (tertiary/aromatic N) is 1. The van der Waals surface area contributed by atoms with Crippen molar-refractivity contribution in [3.8, 4) is 0 Å². The Bertz CT molecular complexity index is 1100. The van der Waals surface area contributed by atoms with Gasteiger partial charge in [-0.25, -0.2) is 0 Å². The zero-order valence-corrected chi connectivity index (χ0v) is 17.4. The van der Waals surface area contributed by atoms with E-state index in [4.69, 9.17) is 0 Å². The van der Waals surface area contributed by atoms with Crippen molar-refractivity contribution in [2.45, 2.75) is 19.8 Å². The second-order valence-corrected chi connectivity index (χ2v) is 8.62. The van der Waals surface area contributed by atoms with Crippen LogP contribution in [0.4, 0.5) is 0 Å². The monoisotopic (exact) mass is 393 g/mol. The van der Waals surface area contributed by atoms with Gasteiger partial charge in [0.15, 0.2) is 5.70 Å². The zero-order chi connectivity index (χ0) is 20.6. The van der Waals surface area contributed by atoms with Gasteiger partial charge in [-0.2, -0.15) is 0 Å². The van der Waals surface area contributed by atoms with Crippen LogP contribution >= 0.6 is 0 Å². The summed E-state index contributed by atoms with van der Waals surface area (Å²) in [4.78, 5) is 0. The predicted octanol–water partition coefficient (Wildman–Crippen LogP) is 5.54. The first-order chi connectivity index (χ1) is 14.7. The normalized spacial score (nSPS) is 24.0. The van der Waals surface area contributed by atoms with Gasteiger partial charge in [-0.05, 0) is 36.1 Å². The van der Waals surface area contributed by atoms with Crippen molar-refractivity contribution in [2.24, 2.45) is 5.92 Å². The molecule has 1 spiro atoms. The van der Waals surface area contributed by atoms with Crippen LogP contribution in [0.2, 0.25) is 0 Å². The van der Waals surface area contributed by atoms with E-state index in [1.54, 1.807) is 0 Å². The van der Waals surface area contributed by atoms with E-state index < -0.39 is 0 Å². The second-order valence-electron chi connectivity index (χ2n) is 8.62. The third-order valence-electron chi connectivity index (χ3n) is 6.55. The summed E-state index contributed by atoms with van der Waals surface area (Å²) in [6.45, 7) is 4.04. The van der Waals surface area contributed by atoms with Crippen molar-refractivity contribution in [3.63, 3.8) is 0 Å². The van der Waals surface area contributed by atoms with E-state index in [0.29, 0.717) is 10.4 Å². The molecule has 0 saturated carbocycles. The number of allylic oxidation sites excluding steroid dienone is 2. The van der Waals surface area contributed by atoms with Gasteiger partial charge in [0.25, 0.3) is 0 Å². The molecule has 5 rings (SSSR count). The van der Waals surface area contributed by atoms with Crippen LogP contribution in [0, 0.1) is 5.92 Å². The highest BCUT2D eigenvalue weighted by Gasteiger charge is 2.47. The summed E-state index contributed by atoms with van der Waals surface area (Å²) in [7, 11) is 0. The summed E-state index contributed by atoms with van der Waals surface area (Å²) in [5.74, 6) is 0.777. The molecule has 1 saturated heterocycles. The number of benzene rings is 3. The number of hydrogen-bond acceptors (Lipinski definition) is 1. The minimum atomic E-state index is 0.255. The fourth-order valence-electron chi connectivity index (χ4n) is 5.31. The Labute approximate surface area is 179 Å². The van der Waals surface area contributed by atoms with Crippen LogP contribution in [-0.4, -0.2) is 17.6 Å². The summed E-state index contributed by atoms with van der Waals surface area (Å²) in [6.07, 6.45) is 2.27. The molecule has 2 heterocycles. The molecule has 1 fully saturated rings. The largest absolute Gasteiger partial charge is 0.830 e. The molecule has 2 atom stereocenters. The topological polar surface area (TPSA) is 23.1 Å². The van der Waals surface area contributed by atoms with Gasteiger partial charge >= 0.3 is 0 Å². The lowest BCUT2D eigenvalue weighted by molar-refractivity contribution is -0.877. The molecule has 0 aliphatic carbocycles. The van der Waals surface area contributed by atoms with Crippen molar-refractivity contribution in [2.75, 3.05) is 13.1 Å². The molecular formula is C28H27NO. The molecule has 2 nitrogen and oxygen atoms in total. The fourth-order valence-corrected chi connectivity index (χ4v) is 5.31.